The van der Waals surface area contributed by atoms with Crippen LogP contribution in [0.3, 0.4) is 0 Å². The highest BCUT2D eigenvalue weighted by Gasteiger charge is 2.31. The molecule has 0 unspecified atom stereocenters. The van der Waals surface area contributed by atoms with Gasteiger partial charge in [0.15, 0.2) is 5.78 Å². The van der Waals surface area contributed by atoms with Crippen LogP contribution in [0.1, 0.15) is 15.9 Å². The van der Waals surface area contributed by atoms with E-state index in [9.17, 15) is 4.79 Å². The molecule has 1 nitrogen and oxygen atoms in total. The second-order valence-corrected chi connectivity index (χ2v) is 4.30. The maximum absolute atomic E-state index is 12.2. The van der Waals surface area contributed by atoms with Crippen molar-refractivity contribution in [2.75, 3.05) is 0 Å². The lowest BCUT2D eigenvalue weighted by molar-refractivity contribution is 0.104. The summed E-state index contributed by atoms with van der Waals surface area (Å²) in [5.74, 6) is 0.0723. The average molecular weight is 226 g/mol. The summed E-state index contributed by atoms with van der Waals surface area (Å²) in [4.78, 5) is 12.2. The highest BCUT2D eigenvalue weighted by Crippen LogP contribution is 2.15. The molecule has 1 aliphatic heterocycles. The maximum Gasteiger partial charge on any atom is 0.317 e. The number of carbonyl (C=O) groups excluding carboxylic acids is 1. The Balaban J connectivity index is 2.30. The van der Waals surface area contributed by atoms with E-state index in [4.69, 9.17) is 11.5 Å². The van der Waals surface area contributed by atoms with Crippen LogP contribution in [0.15, 0.2) is 48.5 Å². The molecule has 0 amide bonds. The highest BCUT2D eigenvalue weighted by atomic mass is 35.5. The smallest absolute Gasteiger partial charge is 0.289 e. The van der Waals surface area contributed by atoms with Crippen LogP contribution in [-0.2, 0) is 0 Å². The first-order valence-corrected chi connectivity index (χ1v) is 5.59. The van der Waals surface area contributed by atoms with Crippen LogP contribution < -0.4 is 10.9 Å². The van der Waals surface area contributed by atoms with Crippen LogP contribution in [0.5, 0.6) is 0 Å². The molecule has 0 saturated carbocycles. The van der Waals surface area contributed by atoms with Gasteiger partial charge < -0.3 is 0 Å². The van der Waals surface area contributed by atoms with Crippen LogP contribution in [0.4, 0.5) is 0 Å². The van der Waals surface area contributed by atoms with E-state index in [1.54, 1.807) is 0 Å². The van der Waals surface area contributed by atoms with Crippen LogP contribution in [-0.4, -0.2) is 11.9 Å². The molecule has 76 valence electrons. The Bertz CT molecular complexity index is 530. The van der Waals surface area contributed by atoms with Crippen molar-refractivity contribution in [3.05, 3.63) is 59.7 Å². The number of carbonyl (C=O) groups is 1. The van der Waals surface area contributed by atoms with E-state index in [-0.39, 0.29) is 11.9 Å². The first-order valence-electron chi connectivity index (χ1n) is 5.15. The topological polar surface area (TPSA) is 17.1 Å². The molecule has 0 aliphatic carbocycles. The third-order valence-corrected chi connectivity index (χ3v) is 3.43. The summed E-state index contributed by atoms with van der Waals surface area (Å²) in [6.45, 7) is 0. The molecule has 0 bridgehead atoms. The zero-order valence-corrected chi connectivity index (χ0v) is 9.24. The summed E-state index contributed by atoms with van der Waals surface area (Å²) in [6, 6.07) is 15.1. The molecule has 0 atom stereocenters. The number of hydrogen-bond acceptors (Lipinski definition) is 1. The van der Waals surface area contributed by atoms with Gasteiger partial charge in [-0.15, -0.1) is 0 Å². The molecule has 1 heterocycles. The van der Waals surface area contributed by atoms with E-state index in [0.29, 0.717) is 0 Å². The second-order valence-electron chi connectivity index (χ2n) is 3.87. The largest absolute Gasteiger partial charge is 0.317 e. The van der Waals surface area contributed by atoms with Gasteiger partial charge in [-0.2, -0.15) is 11.5 Å². The molecular weight excluding hydrogens is 218 g/mol. The fourth-order valence-electron chi connectivity index (χ4n) is 2.16. The SMILES string of the molecule is O=C1c2ccccc2B(Cl)c2ccccc21. The van der Waals surface area contributed by atoms with Gasteiger partial charge in [0.25, 0.3) is 0 Å². The molecule has 3 rings (SSSR count). The lowest BCUT2D eigenvalue weighted by atomic mass is 9.55. The maximum atomic E-state index is 12.2. The van der Waals surface area contributed by atoms with Crippen LogP contribution >= 0.6 is 11.5 Å². The minimum atomic E-state index is -0.218. The summed E-state index contributed by atoms with van der Waals surface area (Å²) in [5.41, 5.74) is 3.27. The van der Waals surface area contributed by atoms with Gasteiger partial charge in [-0.25, -0.2) is 0 Å². The van der Waals surface area contributed by atoms with Crippen molar-refractivity contribution < 1.29 is 4.79 Å². The third kappa shape index (κ3) is 1.23. The Hall–Kier alpha value is -1.54. The molecule has 0 aromatic heterocycles. The molecule has 2 aromatic rings. The Kier molecular flexibility index (Phi) is 2.11. The van der Waals surface area contributed by atoms with Crippen LogP contribution in [0.25, 0.3) is 0 Å². The van der Waals surface area contributed by atoms with Gasteiger partial charge >= 0.3 is 6.13 Å². The van der Waals surface area contributed by atoms with Gasteiger partial charge in [0.1, 0.15) is 0 Å². The Morgan fingerprint density at radius 3 is 1.75 bits per heavy atom. The Morgan fingerprint density at radius 2 is 1.25 bits per heavy atom. The van der Waals surface area contributed by atoms with Crippen LogP contribution in [0, 0.1) is 0 Å². The Morgan fingerprint density at radius 1 is 0.812 bits per heavy atom. The van der Waals surface area contributed by atoms with Gasteiger partial charge in [-0.3, -0.25) is 4.79 Å². The summed E-state index contributed by atoms with van der Waals surface area (Å²) in [6.07, 6.45) is -0.218. The van der Waals surface area contributed by atoms with Crippen molar-refractivity contribution in [2.24, 2.45) is 0 Å². The van der Waals surface area contributed by atoms with E-state index in [1.165, 1.54) is 0 Å². The highest BCUT2D eigenvalue weighted by molar-refractivity contribution is 7.22. The van der Waals surface area contributed by atoms with E-state index >= 15 is 0 Å². The standard InChI is InChI=1S/C13H8BClO/c15-14-11-7-3-1-5-9(11)13(16)10-6-2-4-8-12(10)14/h1-8H. The predicted octanol–water partition coefficient (Wildman–Crippen LogP) is 1.58. The fraction of sp³-hybridized carbons (Fsp3) is 0. The monoisotopic (exact) mass is 226 g/mol. The first-order chi connectivity index (χ1) is 7.79. The van der Waals surface area contributed by atoms with Crippen molar-refractivity contribution in [3.63, 3.8) is 0 Å². The third-order valence-electron chi connectivity index (χ3n) is 2.96. The normalized spacial score (nSPS) is 13.3. The zero-order valence-electron chi connectivity index (χ0n) is 8.48. The van der Waals surface area contributed by atoms with Crippen molar-refractivity contribution in [3.8, 4) is 0 Å². The average Bonchev–Trinajstić information content (AvgIpc) is 2.36. The minimum absolute atomic E-state index is 0.0723. The summed E-state index contributed by atoms with van der Waals surface area (Å²) in [7, 11) is 0. The number of hydrogen-bond donors (Lipinski definition) is 0. The molecule has 2 aromatic carbocycles. The second kappa shape index (κ2) is 3.50. The van der Waals surface area contributed by atoms with Gasteiger partial charge in [0.05, 0.1) is 0 Å². The minimum Gasteiger partial charge on any atom is -0.289 e. The van der Waals surface area contributed by atoms with Gasteiger partial charge in [-0.05, 0) is 10.9 Å². The molecule has 1 aliphatic rings. The quantitative estimate of drug-likeness (QED) is 0.623. The number of benzene rings is 2. The fourth-order valence-corrected chi connectivity index (χ4v) is 2.54. The molecule has 0 spiro atoms. The van der Waals surface area contributed by atoms with Gasteiger partial charge in [0, 0.05) is 11.1 Å². The summed E-state index contributed by atoms with van der Waals surface area (Å²) >= 11 is 6.39. The van der Waals surface area contributed by atoms with Gasteiger partial charge in [-0.1, -0.05) is 48.5 Å². The van der Waals surface area contributed by atoms with Crippen molar-refractivity contribution in [1.82, 2.24) is 0 Å². The number of rotatable bonds is 0. The van der Waals surface area contributed by atoms with E-state index in [1.807, 2.05) is 48.5 Å². The van der Waals surface area contributed by atoms with Gasteiger partial charge in [0.2, 0.25) is 0 Å². The molecule has 3 heteroatoms. The van der Waals surface area contributed by atoms with E-state index < -0.39 is 0 Å². The van der Waals surface area contributed by atoms with E-state index in [0.717, 1.165) is 22.1 Å². The van der Waals surface area contributed by atoms with Crippen molar-refractivity contribution in [2.45, 2.75) is 0 Å². The molecule has 0 fully saturated rings. The molecule has 16 heavy (non-hydrogen) atoms. The first kappa shape index (κ1) is 9.67. The lowest BCUT2D eigenvalue weighted by Gasteiger charge is -2.20. The zero-order chi connectivity index (χ0) is 11.1. The summed E-state index contributed by atoms with van der Waals surface area (Å²) in [5, 5.41) is 0. The predicted molar refractivity (Wildman–Crippen MR) is 67.2 cm³/mol. The number of fused-ring (bicyclic) bond motifs is 2. The Labute approximate surface area is 99.1 Å². The number of halogens is 1. The van der Waals surface area contributed by atoms with E-state index in [2.05, 4.69) is 0 Å². The summed E-state index contributed by atoms with van der Waals surface area (Å²) < 4.78 is 0. The van der Waals surface area contributed by atoms with Crippen molar-refractivity contribution in [1.29, 1.82) is 0 Å². The lowest BCUT2D eigenvalue weighted by Crippen LogP contribution is -2.47. The molecule has 0 radical (unpaired) electrons. The molecule has 0 saturated heterocycles. The molecular formula is C13H8BClO. The molecule has 0 N–H and O–H groups in total. The van der Waals surface area contributed by atoms with Crippen LogP contribution in [0.2, 0.25) is 0 Å². The van der Waals surface area contributed by atoms with Crippen molar-refractivity contribution >= 4 is 34.3 Å². The number of ketones is 1.